The van der Waals surface area contributed by atoms with Crippen molar-refractivity contribution >= 4 is 35.7 Å². The third-order valence-corrected chi connectivity index (χ3v) is 7.98. The zero-order valence-electron chi connectivity index (χ0n) is 29.3. The predicted octanol–water partition coefficient (Wildman–Crippen LogP) is -2.12. The molecule has 18 heteroatoms. The molecule has 1 aliphatic heterocycles. The zero-order valence-corrected chi connectivity index (χ0v) is 29.3. The molecule has 18 nitrogen and oxygen atoms in total. The Morgan fingerprint density at radius 1 is 0.694 bits per heavy atom. The molecule has 0 aliphatic carbocycles. The Bertz CT molecular complexity index is 1010. The molecule has 1 rings (SSSR count). The van der Waals surface area contributed by atoms with Gasteiger partial charge in [0, 0.05) is 85.1 Å². The van der Waals surface area contributed by atoms with Crippen LogP contribution in [0.4, 0.5) is 0 Å². The van der Waals surface area contributed by atoms with Crippen LogP contribution in [0, 0.1) is 5.92 Å². The summed E-state index contributed by atoms with van der Waals surface area (Å²) in [5, 5.41) is 37.1. The first kappa shape index (κ1) is 43.4. The van der Waals surface area contributed by atoms with Crippen molar-refractivity contribution < 1.29 is 39.3 Å². The SMILES string of the molecule is CC(C)CCCCNC(=O)[C@@H](CCCN=C(N)N)NC(=O)CCNCN1CCN(CC(=O)O)CCN(CC(=O)O)CCN(CC(=O)O)CC1. The van der Waals surface area contributed by atoms with Gasteiger partial charge >= 0.3 is 17.9 Å². The lowest BCUT2D eigenvalue weighted by atomic mass is 10.1. The van der Waals surface area contributed by atoms with Crippen LogP contribution < -0.4 is 27.4 Å². The third kappa shape index (κ3) is 23.4. The number of carboxylic acid groups (broad SMARTS) is 3. The number of carbonyl (C=O) groups excluding carboxylic acids is 2. The van der Waals surface area contributed by atoms with Gasteiger partial charge in [-0.15, -0.1) is 0 Å². The minimum atomic E-state index is -1.01. The number of carbonyl (C=O) groups is 5. The summed E-state index contributed by atoms with van der Waals surface area (Å²) in [7, 11) is 0. The van der Waals surface area contributed by atoms with E-state index in [-0.39, 0.29) is 43.8 Å². The van der Waals surface area contributed by atoms with E-state index in [2.05, 4.69) is 34.8 Å². The Hall–Kier alpha value is -3.58. The summed E-state index contributed by atoms with van der Waals surface area (Å²) >= 11 is 0. The van der Waals surface area contributed by atoms with E-state index in [4.69, 9.17) is 11.5 Å². The highest BCUT2D eigenvalue weighted by atomic mass is 16.4. The fourth-order valence-electron chi connectivity index (χ4n) is 5.28. The van der Waals surface area contributed by atoms with Gasteiger partial charge in [-0.25, -0.2) is 0 Å². The first-order valence-corrected chi connectivity index (χ1v) is 17.1. The maximum Gasteiger partial charge on any atom is 0.317 e. The Balaban J connectivity index is 2.77. The smallest absolute Gasteiger partial charge is 0.317 e. The van der Waals surface area contributed by atoms with Crippen molar-refractivity contribution in [2.75, 3.05) is 98.3 Å². The number of rotatable bonds is 22. The van der Waals surface area contributed by atoms with Gasteiger partial charge in [-0.2, -0.15) is 0 Å². The van der Waals surface area contributed by atoms with Crippen molar-refractivity contribution in [2.45, 2.75) is 58.4 Å². The van der Waals surface area contributed by atoms with Gasteiger partial charge in [-0.1, -0.05) is 26.7 Å². The molecule has 0 spiro atoms. The predicted molar refractivity (Wildman–Crippen MR) is 185 cm³/mol. The quantitative estimate of drug-likeness (QED) is 0.0341. The van der Waals surface area contributed by atoms with Crippen molar-refractivity contribution in [1.29, 1.82) is 0 Å². The van der Waals surface area contributed by atoms with Crippen LogP contribution in [0.25, 0.3) is 0 Å². The third-order valence-electron chi connectivity index (χ3n) is 7.98. The van der Waals surface area contributed by atoms with Gasteiger partial charge < -0.3 is 42.7 Å². The van der Waals surface area contributed by atoms with Crippen molar-refractivity contribution in [3.8, 4) is 0 Å². The molecule has 282 valence electrons. The van der Waals surface area contributed by atoms with Crippen LogP contribution in [0.3, 0.4) is 0 Å². The lowest BCUT2D eigenvalue weighted by molar-refractivity contribution is -0.140. The van der Waals surface area contributed by atoms with Crippen LogP contribution in [0.2, 0.25) is 0 Å². The van der Waals surface area contributed by atoms with Gasteiger partial charge in [0.25, 0.3) is 0 Å². The molecule has 1 atom stereocenters. The Labute approximate surface area is 289 Å². The molecular weight excluding hydrogens is 640 g/mol. The van der Waals surface area contributed by atoms with Gasteiger partial charge in [0.1, 0.15) is 6.04 Å². The summed E-state index contributed by atoms with van der Waals surface area (Å²) in [6.07, 6.45) is 3.91. The maximum atomic E-state index is 12.9. The number of carboxylic acids is 3. The summed E-state index contributed by atoms with van der Waals surface area (Å²) in [5.74, 6) is -2.99. The van der Waals surface area contributed by atoms with Crippen molar-refractivity contribution in [3.05, 3.63) is 0 Å². The number of hydrogen-bond acceptors (Lipinski definition) is 11. The highest BCUT2D eigenvalue weighted by molar-refractivity contribution is 5.87. The van der Waals surface area contributed by atoms with E-state index < -0.39 is 23.9 Å². The van der Waals surface area contributed by atoms with E-state index >= 15 is 0 Å². The number of nitrogens with two attached hydrogens (primary N) is 2. The molecule has 0 saturated carbocycles. The van der Waals surface area contributed by atoms with Crippen molar-refractivity contribution in [1.82, 2.24) is 35.6 Å². The number of aliphatic imine (C=N–C) groups is 1. The summed E-state index contributed by atoms with van der Waals surface area (Å²) < 4.78 is 0. The van der Waals surface area contributed by atoms with Gasteiger partial charge in [-0.05, 0) is 25.2 Å². The van der Waals surface area contributed by atoms with Gasteiger partial charge in [0.2, 0.25) is 11.8 Å². The molecule has 10 N–H and O–H groups in total. The fourth-order valence-corrected chi connectivity index (χ4v) is 5.28. The number of unbranched alkanes of at least 4 members (excludes halogenated alkanes) is 1. The van der Waals surface area contributed by atoms with Gasteiger partial charge in [0.15, 0.2) is 5.96 Å². The monoisotopic (exact) mass is 700 g/mol. The summed E-state index contributed by atoms with van der Waals surface area (Å²) in [4.78, 5) is 71.3. The zero-order chi connectivity index (χ0) is 36.6. The summed E-state index contributed by atoms with van der Waals surface area (Å²) in [6, 6.07) is -0.728. The highest BCUT2D eigenvalue weighted by Crippen LogP contribution is 2.06. The van der Waals surface area contributed by atoms with E-state index in [0.29, 0.717) is 97.4 Å². The Morgan fingerprint density at radius 3 is 1.63 bits per heavy atom. The maximum absolute atomic E-state index is 12.9. The van der Waals surface area contributed by atoms with E-state index in [9.17, 15) is 39.3 Å². The number of hydrogen-bond donors (Lipinski definition) is 8. The normalized spacial score (nSPS) is 16.6. The molecule has 0 bridgehead atoms. The molecule has 0 aromatic carbocycles. The highest BCUT2D eigenvalue weighted by Gasteiger charge is 2.22. The van der Waals surface area contributed by atoms with Crippen LogP contribution in [0.15, 0.2) is 4.99 Å². The minimum absolute atomic E-state index is 0.0369. The minimum Gasteiger partial charge on any atom is -0.480 e. The fraction of sp³-hybridized carbons (Fsp3) is 0.806. The van der Waals surface area contributed by atoms with Crippen LogP contribution in [0.5, 0.6) is 0 Å². The van der Waals surface area contributed by atoms with Crippen molar-refractivity contribution in [3.63, 3.8) is 0 Å². The van der Waals surface area contributed by atoms with Crippen LogP contribution in [0.1, 0.15) is 52.4 Å². The average molecular weight is 701 g/mol. The van der Waals surface area contributed by atoms with E-state index in [1.165, 1.54) is 0 Å². The largest absolute Gasteiger partial charge is 0.480 e. The standard InChI is InChI=1S/C31H60N10O8/c1-24(2)6-3-4-9-35-30(49)25(7-5-10-36-31(32)33)37-26(42)8-11-34-23-41-18-16-39(21-28(45)46)14-12-38(20-27(43)44)13-15-40(17-19-41)22-29(47)48/h24-25,34H,3-23H2,1-2H3,(H,35,49)(H,37,42)(H,43,44)(H,45,46)(H,47,48)(H4,32,33,36)/t25-/m1/s1. The van der Waals surface area contributed by atoms with Crippen LogP contribution in [-0.4, -0.2) is 175 Å². The number of nitrogens with zero attached hydrogens (tertiary/aromatic N) is 5. The van der Waals surface area contributed by atoms with E-state index in [0.717, 1.165) is 19.3 Å². The molecular formula is C31H60N10O8. The second-order valence-electron chi connectivity index (χ2n) is 12.8. The average Bonchev–Trinajstić information content (AvgIpc) is 3.00. The number of amides is 2. The summed E-state index contributed by atoms with van der Waals surface area (Å²) in [5.41, 5.74) is 10.8. The molecule has 0 unspecified atom stereocenters. The molecule has 1 aliphatic rings. The molecule has 2 amide bonds. The Kier molecular flexibility index (Phi) is 22.5. The topological polar surface area (TPSA) is 259 Å². The van der Waals surface area contributed by atoms with Crippen molar-refractivity contribution in [2.24, 2.45) is 22.4 Å². The second kappa shape index (κ2) is 25.4. The van der Waals surface area contributed by atoms with Crippen LogP contribution in [-0.2, 0) is 24.0 Å². The second-order valence-corrected chi connectivity index (χ2v) is 12.8. The molecule has 1 fully saturated rings. The van der Waals surface area contributed by atoms with Gasteiger partial charge in [-0.3, -0.25) is 48.6 Å². The molecule has 0 radical (unpaired) electrons. The molecule has 0 aromatic rings. The Morgan fingerprint density at radius 2 is 1.18 bits per heavy atom. The first-order valence-electron chi connectivity index (χ1n) is 17.1. The molecule has 1 heterocycles. The number of guanidine groups is 1. The summed E-state index contributed by atoms with van der Waals surface area (Å²) in [6.45, 7) is 8.21. The van der Waals surface area contributed by atoms with Gasteiger partial charge in [0.05, 0.1) is 19.6 Å². The first-order chi connectivity index (χ1) is 23.2. The van der Waals surface area contributed by atoms with Crippen LogP contribution >= 0.6 is 0 Å². The molecule has 49 heavy (non-hydrogen) atoms. The number of nitrogens with one attached hydrogen (secondary N) is 3. The van der Waals surface area contributed by atoms with E-state index in [1.807, 2.05) is 4.90 Å². The molecule has 1 saturated heterocycles. The number of aliphatic carboxylic acids is 3. The van der Waals surface area contributed by atoms with E-state index in [1.54, 1.807) is 14.7 Å². The molecule has 0 aromatic heterocycles. The lowest BCUT2D eigenvalue weighted by Crippen LogP contribution is -2.50. The lowest BCUT2D eigenvalue weighted by Gasteiger charge is -2.33.